The summed E-state index contributed by atoms with van der Waals surface area (Å²) in [7, 11) is 0. The van der Waals surface area contributed by atoms with Crippen molar-refractivity contribution in [2.45, 2.75) is 0 Å². The molecule has 0 fully saturated rings. The number of nitrogens with zero attached hydrogens (tertiary/aromatic N) is 2. The molecule has 2 heterocycles. The molecule has 10 heavy (non-hydrogen) atoms. The van der Waals surface area contributed by atoms with Crippen molar-refractivity contribution in [2.75, 3.05) is 18.5 Å². The molecular formula is C6H6N3O. The van der Waals surface area contributed by atoms with Gasteiger partial charge in [0.2, 0.25) is 0 Å². The number of ether oxygens (including phenoxy) is 1. The van der Waals surface area contributed by atoms with Crippen LogP contribution in [0.5, 0.6) is 5.75 Å². The Labute approximate surface area is 58.2 Å². The van der Waals surface area contributed by atoms with Crippen molar-refractivity contribution in [1.29, 1.82) is 0 Å². The number of nitrogens with one attached hydrogen (secondary N) is 1. The van der Waals surface area contributed by atoms with Crippen LogP contribution in [0.2, 0.25) is 0 Å². The Hall–Kier alpha value is -1.32. The van der Waals surface area contributed by atoms with E-state index in [2.05, 4.69) is 21.7 Å². The van der Waals surface area contributed by atoms with E-state index in [0.29, 0.717) is 12.4 Å². The molecule has 0 saturated carbocycles. The molecule has 1 N–H and O–H groups in total. The van der Waals surface area contributed by atoms with E-state index in [1.54, 1.807) is 6.20 Å². The maximum atomic E-state index is 5.20. The first kappa shape index (κ1) is 5.46. The summed E-state index contributed by atoms with van der Waals surface area (Å²) >= 11 is 0. The molecule has 1 radical (unpaired) electrons. The average Bonchev–Trinajstić information content (AvgIpc) is 2.05. The molecule has 0 aliphatic carbocycles. The zero-order valence-electron chi connectivity index (χ0n) is 5.29. The Balaban J connectivity index is 2.41. The van der Waals surface area contributed by atoms with Crippen molar-refractivity contribution in [3.05, 3.63) is 12.4 Å². The molecule has 0 unspecified atom stereocenters. The quantitative estimate of drug-likeness (QED) is 0.548. The molecule has 1 aliphatic heterocycles. The van der Waals surface area contributed by atoms with E-state index in [4.69, 9.17) is 4.74 Å². The van der Waals surface area contributed by atoms with Gasteiger partial charge in [0, 0.05) is 6.54 Å². The average molecular weight is 136 g/mol. The minimum atomic E-state index is 0.668. The van der Waals surface area contributed by atoms with Crippen LogP contribution in [0, 0.1) is 6.20 Å². The Morgan fingerprint density at radius 2 is 2.70 bits per heavy atom. The predicted molar refractivity (Wildman–Crippen MR) is 34.9 cm³/mol. The number of rotatable bonds is 0. The fourth-order valence-corrected chi connectivity index (χ4v) is 0.854. The standard InChI is InChI=1S/C6H6N3O/c1-2-10-6-4-9-8-3-5(6)7-1/h3,7H,1-2H2. The van der Waals surface area contributed by atoms with Gasteiger partial charge in [0.15, 0.2) is 11.9 Å². The van der Waals surface area contributed by atoms with E-state index >= 15 is 0 Å². The summed E-state index contributed by atoms with van der Waals surface area (Å²) in [5.74, 6) is 0.668. The van der Waals surface area contributed by atoms with Gasteiger partial charge in [-0.05, 0) is 0 Å². The summed E-state index contributed by atoms with van der Waals surface area (Å²) in [6.07, 6.45) is 4.27. The van der Waals surface area contributed by atoms with E-state index in [0.717, 1.165) is 12.2 Å². The molecular weight excluding hydrogens is 130 g/mol. The molecule has 4 nitrogen and oxygen atoms in total. The fourth-order valence-electron chi connectivity index (χ4n) is 0.854. The van der Waals surface area contributed by atoms with Gasteiger partial charge in [-0.1, -0.05) is 0 Å². The van der Waals surface area contributed by atoms with Gasteiger partial charge in [0.25, 0.3) is 0 Å². The van der Waals surface area contributed by atoms with Crippen molar-refractivity contribution < 1.29 is 4.74 Å². The maximum absolute atomic E-state index is 5.20. The minimum absolute atomic E-state index is 0.668. The van der Waals surface area contributed by atoms with E-state index < -0.39 is 0 Å². The lowest BCUT2D eigenvalue weighted by molar-refractivity contribution is 0.320. The van der Waals surface area contributed by atoms with Gasteiger partial charge >= 0.3 is 0 Å². The van der Waals surface area contributed by atoms with Crippen LogP contribution < -0.4 is 10.1 Å². The number of hydrogen-bond donors (Lipinski definition) is 1. The third-order valence-corrected chi connectivity index (χ3v) is 1.30. The van der Waals surface area contributed by atoms with Crippen LogP contribution >= 0.6 is 0 Å². The van der Waals surface area contributed by atoms with Crippen molar-refractivity contribution in [1.82, 2.24) is 10.2 Å². The Bertz CT molecular complexity index is 213. The first-order valence-electron chi connectivity index (χ1n) is 3.07. The third-order valence-electron chi connectivity index (χ3n) is 1.30. The summed E-state index contributed by atoms with van der Waals surface area (Å²) in [5, 5.41) is 10.3. The van der Waals surface area contributed by atoms with Crippen molar-refractivity contribution in [3.8, 4) is 5.75 Å². The molecule has 0 bridgehead atoms. The molecule has 4 heteroatoms. The van der Waals surface area contributed by atoms with Crippen LogP contribution in [0.25, 0.3) is 0 Å². The first-order valence-corrected chi connectivity index (χ1v) is 3.07. The Morgan fingerprint density at radius 3 is 3.60 bits per heavy atom. The molecule has 0 aromatic carbocycles. The van der Waals surface area contributed by atoms with Crippen molar-refractivity contribution in [2.24, 2.45) is 0 Å². The normalized spacial score (nSPS) is 14.8. The Kier molecular flexibility index (Phi) is 1.16. The lowest BCUT2D eigenvalue weighted by Gasteiger charge is -2.16. The van der Waals surface area contributed by atoms with Gasteiger partial charge in [0.05, 0.1) is 11.9 Å². The van der Waals surface area contributed by atoms with Gasteiger partial charge in [-0.25, -0.2) is 0 Å². The smallest absolute Gasteiger partial charge is 0.174 e. The number of fused-ring (bicyclic) bond motifs is 1. The second kappa shape index (κ2) is 2.13. The predicted octanol–water partition coefficient (Wildman–Crippen LogP) is 0.0811. The molecule has 0 atom stereocenters. The molecule has 2 rings (SSSR count). The molecule has 51 valence electrons. The molecule has 0 spiro atoms. The summed E-state index contributed by atoms with van der Waals surface area (Å²) in [6.45, 7) is 1.50. The SMILES string of the molecule is [c]1nncc2c1OCCN2. The lowest BCUT2D eigenvalue weighted by atomic mass is 10.4. The number of hydrogen-bond acceptors (Lipinski definition) is 4. The summed E-state index contributed by atoms with van der Waals surface area (Å²) in [4.78, 5) is 0. The second-order valence-electron chi connectivity index (χ2n) is 1.97. The zero-order chi connectivity index (χ0) is 6.81. The van der Waals surface area contributed by atoms with E-state index in [1.807, 2.05) is 0 Å². The van der Waals surface area contributed by atoms with Gasteiger partial charge in [-0.2, -0.15) is 5.10 Å². The van der Waals surface area contributed by atoms with Gasteiger partial charge in [-0.3, -0.25) is 0 Å². The van der Waals surface area contributed by atoms with Crippen LogP contribution in [-0.4, -0.2) is 23.3 Å². The highest BCUT2D eigenvalue weighted by molar-refractivity contribution is 5.53. The summed E-state index contributed by atoms with van der Waals surface area (Å²) in [5.41, 5.74) is 0.876. The number of aromatic nitrogens is 2. The molecule has 1 aromatic heterocycles. The van der Waals surface area contributed by atoms with E-state index in [-0.39, 0.29) is 0 Å². The highest BCUT2D eigenvalue weighted by Gasteiger charge is 2.08. The largest absolute Gasteiger partial charge is 0.487 e. The summed E-state index contributed by atoms with van der Waals surface area (Å²) in [6, 6.07) is 0. The van der Waals surface area contributed by atoms with Crippen molar-refractivity contribution >= 4 is 5.69 Å². The highest BCUT2D eigenvalue weighted by atomic mass is 16.5. The van der Waals surface area contributed by atoms with Crippen LogP contribution in [0.1, 0.15) is 0 Å². The van der Waals surface area contributed by atoms with E-state index in [9.17, 15) is 0 Å². The highest BCUT2D eigenvalue weighted by Crippen LogP contribution is 2.22. The molecule has 0 amide bonds. The first-order chi connectivity index (χ1) is 4.97. The van der Waals surface area contributed by atoms with Crippen LogP contribution in [0.15, 0.2) is 6.20 Å². The zero-order valence-corrected chi connectivity index (χ0v) is 5.29. The van der Waals surface area contributed by atoms with E-state index in [1.165, 1.54) is 0 Å². The van der Waals surface area contributed by atoms with Gasteiger partial charge in [0.1, 0.15) is 6.61 Å². The maximum Gasteiger partial charge on any atom is 0.174 e. The third kappa shape index (κ3) is 0.775. The van der Waals surface area contributed by atoms with Gasteiger partial charge in [-0.15, -0.1) is 5.10 Å². The minimum Gasteiger partial charge on any atom is -0.487 e. The molecule has 1 aromatic rings. The monoisotopic (exact) mass is 136 g/mol. The summed E-state index contributed by atoms with van der Waals surface area (Å²) < 4.78 is 5.20. The number of anilines is 1. The molecule has 0 saturated heterocycles. The second-order valence-corrected chi connectivity index (χ2v) is 1.97. The topological polar surface area (TPSA) is 47.0 Å². The molecule has 1 aliphatic rings. The fraction of sp³-hybridized carbons (Fsp3) is 0.333. The van der Waals surface area contributed by atoms with Crippen molar-refractivity contribution in [3.63, 3.8) is 0 Å². The van der Waals surface area contributed by atoms with Crippen LogP contribution in [-0.2, 0) is 0 Å². The van der Waals surface area contributed by atoms with Crippen LogP contribution in [0.4, 0.5) is 5.69 Å². The van der Waals surface area contributed by atoms with Gasteiger partial charge < -0.3 is 10.1 Å². The van der Waals surface area contributed by atoms with Crippen LogP contribution in [0.3, 0.4) is 0 Å². The Morgan fingerprint density at radius 1 is 1.70 bits per heavy atom. The lowest BCUT2D eigenvalue weighted by Crippen LogP contribution is -2.18.